The number of hydrogen-bond donors (Lipinski definition) is 1. The Morgan fingerprint density at radius 1 is 1.24 bits per heavy atom. The topological polar surface area (TPSA) is 24.9 Å². The molecule has 2 heterocycles. The molecule has 0 amide bonds. The summed E-state index contributed by atoms with van der Waals surface area (Å²) >= 11 is 1.85. The average molecular weight is 246 g/mol. The van der Waals surface area contributed by atoms with Crippen LogP contribution in [0.4, 0.5) is 0 Å². The molecular formula is C14H18N2S. The van der Waals surface area contributed by atoms with Crippen LogP contribution < -0.4 is 5.32 Å². The lowest BCUT2D eigenvalue weighted by Gasteiger charge is -2.13. The van der Waals surface area contributed by atoms with E-state index in [0.29, 0.717) is 6.04 Å². The van der Waals surface area contributed by atoms with Crippen LogP contribution in [0.5, 0.6) is 0 Å². The first kappa shape index (κ1) is 11.2. The zero-order valence-electron chi connectivity index (χ0n) is 9.98. The Hall–Kier alpha value is -0.930. The molecule has 2 nitrogen and oxygen atoms in total. The molecule has 3 rings (SSSR count). The number of para-hydroxylation sites is 1. The van der Waals surface area contributed by atoms with E-state index in [2.05, 4.69) is 29.6 Å². The van der Waals surface area contributed by atoms with E-state index >= 15 is 0 Å². The minimum absolute atomic E-state index is 0.637. The number of aromatic nitrogens is 1. The van der Waals surface area contributed by atoms with Gasteiger partial charge < -0.3 is 5.32 Å². The number of rotatable bonds is 2. The van der Waals surface area contributed by atoms with E-state index in [1.807, 2.05) is 11.3 Å². The molecule has 0 aliphatic carbocycles. The number of fused-ring (bicyclic) bond motifs is 1. The van der Waals surface area contributed by atoms with Gasteiger partial charge in [0.25, 0.3) is 0 Å². The maximum absolute atomic E-state index is 4.72. The predicted octanol–water partition coefficient (Wildman–Crippen LogP) is 3.37. The summed E-state index contributed by atoms with van der Waals surface area (Å²) < 4.78 is 1.32. The van der Waals surface area contributed by atoms with Crippen LogP contribution in [0.25, 0.3) is 10.2 Å². The van der Waals surface area contributed by atoms with Crippen LogP contribution in [-0.4, -0.2) is 17.6 Å². The smallest absolute Gasteiger partial charge is 0.0954 e. The van der Waals surface area contributed by atoms with Crippen LogP contribution in [0, 0.1) is 0 Å². The molecule has 1 saturated heterocycles. The molecule has 0 spiro atoms. The highest BCUT2D eigenvalue weighted by atomic mass is 32.1. The van der Waals surface area contributed by atoms with Crippen molar-refractivity contribution >= 4 is 21.6 Å². The Labute approximate surface area is 106 Å². The second kappa shape index (κ2) is 5.15. The van der Waals surface area contributed by atoms with E-state index < -0.39 is 0 Å². The van der Waals surface area contributed by atoms with Crippen molar-refractivity contribution in [3.05, 3.63) is 29.3 Å². The third-order valence-corrected chi connectivity index (χ3v) is 4.48. The third kappa shape index (κ3) is 2.67. The van der Waals surface area contributed by atoms with Gasteiger partial charge in [-0.3, -0.25) is 0 Å². The van der Waals surface area contributed by atoms with Crippen LogP contribution in [0.2, 0.25) is 0 Å². The van der Waals surface area contributed by atoms with E-state index in [9.17, 15) is 0 Å². The van der Waals surface area contributed by atoms with Crippen LogP contribution >= 0.6 is 11.3 Å². The molecule has 1 unspecified atom stereocenters. The molecule has 3 heteroatoms. The maximum atomic E-state index is 4.72. The first-order valence-electron chi connectivity index (χ1n) is 6.50. The summed E-state index contributed by atoms with van der Waals surface area (Å²) in [6.45, 7) is 1.18. The fraction of sp³-hybridized carbons (Fsp3) is 0.500. The van der Waals surface area contributed by atoms with Crippen molar-refractivity contribution in [3.63, 3.8) is 0 Å². The Balaban J connectivity index is 1.75. The van der Waals surface area contributed by atoms with Crippen molar-refractivity contribution in [1.82, 2.24) is 10.3 Å². The molecule has 90 valence electrons. The first-order valence-corrected chi connectivity index (χ1v) is 7.31. The Morgan fingerprint density at radius 3 is 3.12 bits per heavy atom. The molecule has 1 fully saturated rings. The van der Waals surface area contributed by atoms with Gasteiger partial charge in [-0.25, -0.2) is 4.98 Å². The van der Waals surface area contributed by atoms with Crippen LogP contribution in [0.15, 0.2) is 24.3 Å². The maximum Gasteiger partial charge on any atom is 0.0954 e. The average Bonchev–Trinajstić information content (AvgIpc) is 2.57. The van der Waals surface area contributed by atoms with Crippen molar-refractivity contribution in [2.24, 2.45) is 0 Å². The summed E-state index contributed by atoms with van der Waals surface area (Å²) in [7, 11) is 0. The summed E-state index contributed by atoms with van der Waals surface area (Å²) in [5.74, 6) is 0. The van der Waals surface area contributed by atoms with E-state index in [0.717, 1.165) is 11.9 Å². The number of hydrogen-bond acceptors (Lipinski definition) is 3. The standard InChI is InChI=1S/C14H18N2S/c1-2-6-11(15-9-5-1)10-14-16-12-7-3-4-8-13(12)17-14/h3-4,7-8,11,15H,1-2,5-6,9-10H2. The van der Waals surface area contributed by atoms with Gasteiger partial charge in [0, 0.05) is 12.5 Å². The Bertz CT molecular complexity index is 451. The van der Waals surface area contributed by atoms with Gasteiger partial charge >= 0.3 is 0 Å². The third-order valence-electron chi connectivity index (χ3n) is 3.42. The molecular weight excluding hydrogens is 228 g/mol. The van der Waals surface area contributed by atoms with Gasteiger partial charge in [0.05, 0.1) is 15.2 Å². The van der Waals surface area contributed by atoms with Gasteiger partial charge in [0.1, 0.15) is 0 Å². The number of thiazole rings is 1. The van der Waals surface area contributed by atoms with E-state index in [-0.39, 0.29) is 0 Å². The highest BCUT2D eigenvalue weighted by molar-refractivity contribution is 7.18. The normalized spacial score (nSPS) is 21.5. The Kier molecular flexibility index (Phi) is 3.39. The zero-order chi connectivity index (χ0) is 11.5. The second-order valence-corrected chi connectivity index (χ2v) is 5.90. The molecule has 17 heavy (non-hydrogen) atoms. The number of benzene rings is 1. The minimum Gasteiger partial charge on any atom is -0.314 e. The SMILES string of the molecule is c1ccc2sc(CC3CCCCCN3)nc2c1. The molecule has 0 saturated carbocycles. The van der Waals surface area contributed by atoms with Crippen LogP contribution in [0.1, 0.15) is 30.7 Å². The molecule has 1 aliphatic heterocycles. The van der Waals surface area contributed by atoms with E-state index in [1.165, 1.54) is 41.9 Å². The van der Waals surface area contributed by atoms with Gasteiger partial charge in [-0.2, -0.15) is 0 Å². The quantitative estimate of drug-likeness (QED) is 0.878. The van der Waals surface area contributed by atoms with Crippen molar-refractivity contribution in [2.45, 2.75) is 38.1 Å². The van der Waals surface area contributed by atoms with E-state index in [4.69, 9.17) is 4.98 Å². The highest BCUT2D eigenvalue weighted by Crippen LogP contribution is 2.23. The van der Waals surface area contributed by atoms with Gasteiger partial charge in [0.2, 0.25) is 0 Å². The summed E-state index contributed by atoms with van der Waals surface area (Å²) in [5.41, 5.74) is 1.15. The van der Waals surface area contributed by atoms with Crippen molar-refractivity contribution < 1.29 is 0 Å². The van der Waals surface area contributed by atoms with Gasteiger partial charge in [0.15, 0.2) is 0 Å². The Morgan fingerprint density at radius 2 is 2.18 bits per heavy atom. The zero-order valence-corrected chi connectivity index (χ0v) is 10.8. The van der Waals surface area contributed by atoms with Crippen LogP contribution in [0.3, 0.4) is 0 Å². The molecule has 0 radical (unpaired) electrons. The van der Waals surface area contributed by atoms with Gasteiger partial charge in [-0.1, -0.05) is 25.0 Å². The van der Waals surface area contributed by atoms with Crippen molar-refractivity contribution in [1.29, 1.82) is 0 Å². The number of nitrogens with zero attached hydrogens (tertiary/aromatic N) is 1. The molecule has 1 aromatic carbocycles. The molecule has 0 bridgehead atoms. The summed E-state index contributed by atoms with van der Waals surface area (Å²) in [6.07, 6.45) is 6.47. The van der Waals surface area contributed by atoms with Gasteiger partial charge in [-0.15, -0.1) is 11.3 Å². The molecule has 1 N–H and O–H groups in total. The monoisotopic (exact) mass is 246 g/mol. The fourth-order valence-electron chi connectivity index (χ4n) is 2.49. The van der Waals surface area contributed by atoms with Crippen LogP contribution in [-0.2, 0) is 6.42 Å². The molecule has 2 aromatic rings. The lowest BCUT2D eigenvalue weighted by molar-refractivity contribution is 0.507. The highest BCUT2D eigenvalue weighted by Gasteiger charge is 2.14. The molecule has 1 aromatic heterocycles. The summed E-state index contributed by atoms with van der Waals surface area (Å²) in [4.78, 5) is 4.72. The first-order chi connectivity index (χ1) is 8.42. The summed E-state index contributed by atoms with van der Waals surface area (Å²) in [5, 5.41) is 4.92. The molecule has 1 atom stereocenters. The van der Waals surface area contributed by atoms with Crippen molar-refractivity contribution in [3.8, 4) is 0 Å². The fourth-order valence-corrected chi connectivity index (χ4v) is 3.54. The minimum atomic E-state index is 0.637. The van der Waals surface area contributed by atoms with Gasteiger partial charge in [-0.05, 0) is 31.5 Å². The second-order valence-electron chi connectivity index (χ2n) is 4.78. The number of nitrogens with one attached hydrogen (secondary N) is 1. The lowest BCUT2D eigenvalue weighted by atomic mass is 10.1. The predicted molar refractivity (Wildman–Crippen MR) is 73.6 cm³/mol. The largest absolute Gasteiger partial charge is 0.314 e. The van der Waals surface area contributed by atoms with E-state index in [1.54, 1.807) is 0 Å². The molecule has 1 aliphatic rings. The summed E-state index contributed by atoms with van der Waals surface area (Å²) in [6, 6.07) is 9.06. The van der Waals surface area contributed by atoms with Crippen molar-refractivity contribution in [2.75, 3.05) is 6.54 Å². The lowest BCUT2D eigenvalue weighted by Crippen LogP contribution is -2.30.